The zero-order chi connectivity index (χ0) is 14.4. The van der Waals surface area contributed by atoms with Crippen molar-refractivity contribution >= 4 is 11.9 Å². The number of aliphatic carboxylic acids is 2. The van der Waals surface area contributed by atoms with Crippen LogP contribution >= 0.6 is 0 Å². The lowest BCUT2D eigenvalue weighted by Gasteiger charge is -2.15. The van der Waals surface area contributed by atoms with E-state index in [-0.39, 0.29) is 12.8 Å². The molecule has 0 saturated carbocycles. The van der Waals surface area contributed by atoms with Gasteiger partial charge in [-0.15, -0.1) is 0 Å². The first kappa shape index (κ1) is 15.2. The highest BCUT2D eigenvalue weighted by Crippen LogP contribution is 2.11. The van der Waals surface area contributed by atoms with Crippen molar-refractivity contribution in [3.8, 4) is 0 Å². The Kier molecular flexibility index (Phi) is 5.51. The number of nitrogens with one attached hydrogen (secondary N) is 1. The van der Waals surface area contributed by atoms with Gasteiger partial charge in [-0.3, -0.25) is 9.59 Å². The molecule has 0 radical (unpaired) electrons. The Morgan fingerprint density at radius 2 is 1.95 bits per heavy atom. The molecule has 0 heterocycles. The van der Waals surface area contributed by atoms with E-state index in [2.05, 4.69) is 5.32 Å². The van der Waals surface area contributed by atoms with E-state index < -0.39 is 18.0 Å². The van der Waals surface area contributed by atoms with Crippen LogP contribution in [0.15, 0.2) is 18.2 Å². The zero-order valence-electron chi connectivity index (χ0n) is 11.1. The number of carboxylic acid groups (broad SMARTS) is 2. The molecule has 0 amide bonds. The molecule has 0 aromatic heterocycles. The van der Waals surface area contributed by atoms with Gasteiger partial charge in [-0.25, -0.2) is 0 Å². The van der Waals surface area contributed by atoms with Gasteiger partial charge in [0.25, 0.3) is 0 Å². The number of hydrogen-bond acceptors (Lipinski definition) is 3. The minimum Gasteiger partial charge on any atom is -0.481 e. The van der Waals surface area contributed by atoms with Crippen LogP contribution in [0.2, 0.25) is 0 Å². The number of carbonyl (C=O) groups is 2. The summed E-state index contributed by atoms with van der Waals surface area (Å²) in [4.78, 5) is 21.5. The maximum atomic E-state index is 11.0. The SMILES string of the molecule is Cc1ccc(CN[C@@H](CCC(=O)O)C(=O)O)c(C)c1. The molecule has 1 aromatic rings. The second-order valence-corrected chi connectivity index (χ2v) is 4.63. The van der Waals surface area contributed by atoms with Crippen LogP contribution in [0.1, 0.15) is 29.5 Å². The van der Waals surface area contributed by atoms with Crippen LogP contribution in [0, 0.1) is 13.8 Å². The summed E-state index contributed by atoms with van der Waals surface area (Å²) < 4.78 is 0. The summed E-state index contributed by atoms with van der Waals surface area (Å²) in [6, 6.07) is 5.12. The predicted octanol–water partition coefficient (Wildman–Crippen LogP) is 1.71. The van der Waals surface area contributed by atoms with E-state index >= 15 is 0 Å². The van der Waals surface area contributed by atoms with Gasteiger partial charge in [-0.2, -0.15) is 0 Å². The number of carboxylic acids is 2. The summed E-state index contributed by atoms with van der Waals surface area (Å²) in [5, 5.41) is 20.5. The standard InChI is InChI=1S/C14H19NO4/c1-9-3-4-11(10(2)7-9)8-15-12(14(18)19)5-6-13(16)17/h3-4,7,12,15H,5-6,8H2,1-2H3,(H,16,17)(H,18,19)/t12-/m0/s1. The zero-order valence-corrected chi connectivity index (χ0v) is 11.1. The van der Waals surface area contributed by atoms with Gasteiger partial charge < -0.3 is 15.5 Å². The van der Waals surface area contributed by atoms with E-state index in [0.717, 1.165) is 16.7 Å². The molecule has 5 heteroatoms. The average Bonchev–Trinajstić information content (AvgIpc) is 2.30. The topological polar surface area (TPSA) is 86.6 Å². The number of rotatable bonds is 7. The quantitative estimate of drug-likeness (QED) is 0.698. The van der Waals surface area contributed by atoms with Crippen molar-refractivity contribution in [1.29, 1.82) is 0 Å². The first-order chi connectivity index (χ1) is 8.90. The van der Waals surface area contributed by atoms with Crippen molar-refractivity contribution in [2.45, 2.75) is 39.3 Å². The first-order valence-corrected chi connectivity index (χ1v) is 6.14. The first-order valence-electron chi connectivity index (χ1n) is 6.14. The maximum Gasteiger partial charge on any atom is 0.320 e. The molecule has 0 unspecified atom stereocenters. The van der Waals surface area contributed by atoms with Gasteiger partial charge >= 0.3 is 11.9 Å². The predicted molar refractivity (Wildman–Crippen MR) is 71.0 cm³/mol. The lowest BCUT2D eigenvalue weighted by molar-refractivity contribution is -0.140. The minimum absolute atomic E-state index is 0.0789. The second-order valence-electron chi connectivity index (χ2n) is 4.63. The largest absolute Gasteiger partial charge is 0.481 e. The smallest absolute Gasteiger partial charge is 0.320 e. The van der Waals surface area contributed by atoms with Crippen molar-refractivity contribution in [2.24, 2.45) is 0 Å². The van der Waals surface area contributed by atoms with E-state index in [9.17, 15) is 9.59 Å². The Morgan fingerprint density at radius 1 is 1.26 bits per heavy atom. The van der Waals surface area contributed by atoms with Gasteiger partial charge in [0.05, 0.1) is 0 Å². The second kappa shape index (κ2) is 6.89. The summed E-state index contributed by atoms with van der Waals surface area (Å²) in [5.74, 6) is -2.01. The van der Waals surface area contributed by atoms with Crippen molar-refractivity contribution in [3.05, 3.63) is 34.9 Å². The molecule has 0 saturated heterocycles. The third-order valence-electron chi connectivity index (χ3n) is 2.98. The molecule has 19 heavy (non-hydrogen) atoms. The molecule has 1 rings (SSSR count). The molecule has 1 atom stereocenters. The summed E-state index contributed by atoms with van der Waals surface area (Å²) in [6.45, 7) is 4.39. The van der Waals surface area contributed by atoms with Crippen LogP contribution in [0.5, 0.6) is 0 Å². The summed E-state index contributed by atoms with van der Waals surface area (Å²) in [6.07, 6.45) is -0.0770. The van der Waals surface area contributed by atoms with Crippen molar-refractivity contribution < 1.29 is 19.8 Å². The van der Waals surface area contributed by atoms with Crippen LogP contribution < -0.4 is 5.32 Å². The average molecular weight is 265 g/mol. The summed E-state index contributed by atoms with van der Waals surface area (Å²) in [5.41, 5.74) is 3.27. The van der Waals surface area contributed by atoms with E-state index in [0.29, 0.717) is 6.54 Å². The molecule has 5 nitrogen and oxygen atoms in total. The Hall–Kier alpha value is -1.88. The monoisotopic (exact) mass is 265 g/mol. The molecule has 1 aromatic carbocycles. The Bertz CT molecular complexity index is 471. The maximum absolute atomic E-state index is 11.0. The number of aryl methyl sites for hydroxylation is 2. The molecule has 0 aliphatic carbocycles. The molecule has 104 valence electrons. The molecular formula is C14H19NO4. The lowest BCUT2D eigenvalue weighted by atomic mass is 10.0. The minimum atomic E-state index is -1.02. The van der Waals surface area contributed by atoms with Crippen LogP contribution in [-0.4, -0.2) is 28.2 Å². The van der Waals surface area contributed by atoms with Crippen molar-refractivity contribution in [3.63, 3.8) is 0 Å². The fourth-order valence-electron chi connectivity index (χ4n) is 1.86. The highest BCUT2D eigenvalue weighted by atomic mass is 16.4. The van der Waals surface area contributed by atoms with E-state index in [1.165, 1.54) is 0 Å². The summed E-state index contributed by atoms with van der Waals surface area (Å²) >= 11 is 0. The lowest BCUT2D eigenvalue weighted by Crippen LogP contribution is -2.36. The van der Waals surface area contributed by atoms with E-state index in [1.807, 2.05) is 32.0 Å². The fraction of sp³-hybridized carbons (Fsp3) is 0.429. The highest BCUT2D eigenvalue weighted by Gasteiger charge is 2.18. The molecular weight excluding hydrogens is 246 g/mol. The van der Waals surface area contributed by atoms with Gasteiger partial charge in [0.15, 0.2) is 0 Å². The molecule has 0 bridgehead atoms. The highest BCUT2D eigenvalue weighted by molar-refractivity contribution is 5.75. The molecule has 3 N–H and O–H groups in total. The van der Waals surface area contributed by atoms with Gasteiger partial charge in [-0.1, -0.05) is 23.8 Å². The van der Waals surface area contributed by atoms with Crippen molar-refractivity contribution in [2.75, 3.05) is 0 Å². The van der Waals surface area contributed by atoms with Crippen LogP contribution in [0.25, 0.3) is 0 Å². The Labute approximate surface area is 112 Å². The molecule has 0 aliphatic rings. The normalized spacial score (nSPS) is 12.1. The van der Waals surface area contributed by atoms with Crippen LogP contribution in [0.3, 0.4) is 0 Å². The van der Waals surface area contributed by atoms with Gasteiger partial charge in [0.2, 0.25) is 0 Å². The third-order valence-corrected chi connectivity index (χ3v) is 2.98. The third kappa shape index (κ3) is 5.09. The number of hydrogen-bond donors (Lipinski definition) is 3. The van der Waals surface area contributed by atoms with Gasteiger partial charge in [0.1, 0.15) is 6.04 Å². The van der Waals surface area contributed by atoms with Crippen LogP contribution in [-0.2, 0) is 16.1 Å². The molecule has 0 fully saturated rings. The van der Waals surface area contributed by atoms with Gasteiger partial charge in [-0.05, 0) is 31.4 Å². The molecule has 0 spiro atoms. The Balaban J connectivity index is 2.60. The van der Waals surface area contributed by atoms with E-state index in [1.54, 1.807) is 0 Å². The van der Waals surface area contributed by atoms with E-state index in [4.69, 9.17) is 10.2 Å². The van der Waals surface area contributed by atoms with Crippen molar-refractivity contribution in [1.82, 2.24) is 5.32 Å². The summed E-state index contributed by atoms with van der Waals surface area (Å²) in [7, 11) is 0. The van der Waals surface area contributed by atoms with Crippen LogP contribution in [0.4, 0.5) is 0 Å². The fourth-order valence-corrected chi connectivity index (χ4v) is 1.86. The molecule has 0 aliphatic heterocycles. The number of benzene rings is 1. The van der Waals surface area contributed by atoms with Gasteiger partial charge in [0, 0.05) is 13.0 Å². The Morgan fingerprint density at radius 3 is 2.47 bits per heavy atom.